The van der Waals surface area contributed by atoms with E-state index in [0.29, 0.717) is 22.0 Å². The van der Waals surface area contributed by atoms with Crippen LogP contribution < -0.4 is 4.90 Å². The van der Waals surface area contributed by atoms with Gasteiger partial charge in [-0.05, 0) is 74.0 Å². The molecule has 0 radical (unpaired) electrons. The van der Waals surface area contributed by atoms with Crippen LogP contribution in [0.25, 0.3) is 0 Å². The van der Waals surface area contributed by atoms with Gasteiger partial charge in [0.2, 0.25) is 0 Å². The molecule has 0 spiro atoms. The minimum absolute atomic E-state index is 0.525. The van der Waals surface area contributed by atoms with E-state index in [9.17, 15) is 0 Å². The van der Waals surface area contributed by atoms with Crippen molar-refractivity contribution in [1.82, 2.24) is 9.80 Å². The summed E-state index contributed by atoms with van der Waals surface area (Å²) in [6.45, 7) is 9.11. The Morgan fingerprint density at radius 1 is 0.935 bits per heavy atom. The Bertz CT molecular complexity index is 875. The average Bonchev–Trinajstić information content (AvgIpc) is 3.26. The van der Waals surface area contributed by atoms with Gasteiger partial charge < -0.3 is 14.7 Å². The zero-order valence-corrected chi connectivity index (χ0v) is 20.1. The van der Waals surface area contributed by atoms with Crippen molar-refractivity contribution in [2.24, 2.45) is 11.8 Å². The SMILES string of the molecule is CC(C)C(CN1CCC(Cc2ccc(Cl)c(Cl)c2)CC1)N1C=CN(c2ccccc2)C1. The molecule has 0 N–H and O–H groups in total. The van der Waals surface area contributed by atoms with Crippen LogP contribution >= 0.6 is 23.2 Å². The minimum atomic E-state index is 0.525. The molecule has 1 saturated heterocycles. The van der Waals surface area contributed by atoms with Gasteiger partial charge in [-0.1, -0.05) is 61.3 Å². The normalized spacial score (nSPS) is 18.9. The van der Waals surface area contributed by atoms with Gasteiger partial charge in [-0.25, -0.2) is 0 Å². The minimum Gasteiger partial charge on any atom is -0.354 e. The highest BCUT2D eigenvalue weighted by Crippen LogP contribution is 2.28. The van der Waals surface area contributed by atoms with Gasteiger partial charge >= 0.3 is 0 Å². The summed E-state index contributed by atoms with van der Waals surface area (Å²) in [6.07, 6.45) is 8.08. The summed E-state index contributed by atoms with van der Waals surface area (Å²) in [7, 11) is 0. The van der Waals surface area contributed by atoms with Gasteiger partial charge in [0, 0.05) is 30.7 Å². The quantitative estimate of drug-likeness (QED) is 0.468. The van der Waals surface area contributed by atoms with Gasteiger partial charge in [-0.3, -0.25) is 0 Å². The Morgan fingerprint density at radius 3 is 2.35 bits per heavy atom. The van der Waals surface area contributed by atoms with E-state index in [1.807, 2.05) is 12.1 Å². The van der Waals surface area contributed by atoms with Crippen LogP contribution in [0.5, 0.6) is 0 Å². The zero-order valence-electron chi connectivity index (χ0n) is 18.6. The molecule has 2 aliphatic heterocycles. The van der Waals surface area contributed by atoms with Crippen molar-refractivity contribution in [3.63, 3.8) is 0 Å². The third-order valence-electron chi connectivity index (χ3n) is 6.70. The fourth-order valence-corrected chi connectivity index (χ4v) is 5.10. The van der Waals surface area contributed by atoms with E-state index in [-0.39, 0.29) is 0 Å². The number of nitrogens with zero attached hydrogens (tertiary/aromatic N) is 3. The summed E-state index contributed by atoms with van der Waals surface area (Å²) >= 11 is 12.3. The molecule has 2 aliphatic rings. The smallest absolute Gasteiger partial charge is 0.0945 e. The van der Waals surface area contributed by atoms with E-state index in [1.54, 1.807) is 0 Å². The first-order valence-electron chi connectivity index (χ1n) is 11.4. The molecule has 0 saturated carbocycles. The number of rotatable bonds is 7. The van der Waals surface area contributed by atoms with E-state index in [1.165, 1.54) is 37.2 Å². The topological polar surface area (TPSA) is 9.72 Å². The second-order valence-corrected chi connectivity index (χ2v) is 10.1. The number of hydrogen-bond acceptors (Lipinski definition) is 3. The molecule has 2 heterocycles. The highest BCUT2D eigenvalue weighted by molar-refractivity contribution is 6.42. The lowest BCUT2D eigenvalue weighted by molar-refractivity contribution is 0.118. The van der Waals surface area contributed by atoms with Crippen LogP contribution in [0.4, 0.5) is 5.69 Å². The molecule has 0 aromatic heterocycles. The van der Waals surface area contributed by atoms with Crippen LogP contribution in [-0.4, -0.2) is 42.1 Å². The lowest BCUT2D eigenvalue weighted by atomic mass is 9.89. The van der Waals surface area contributed by atoms with Crippen LogP contribution in [0.3, 0.4) is 0 Å². The molecule has 2 aromatic carbocycles. The fraction of sp³-hybridized carbons (Fsp3) is 0.462. The summed E-state index contributed by atoms with van der Waals surface area (Å²) in [6, 6.07) is 17.2. The maximum absolute atomic E-state index is 6.20. The lowest BCUT2D eigenvalue weighted by Crippen LogP contribution is -2.47. The molecular formula is C26H33Cl2N3. The van der Waals surface area contributed by atoms with E-state index in [2.05, 4.69) is 77.3 Å². The van der Waals surface area contributed by atoms with Crippen LogP contribution in [0, 0.1) is 11.8 Å². The van der Waals surface area contributed by atoms with E-state index in [0.717, 1.165) is 25.6 Å². The molecule has 166 valence electrons. The second-order valence-electron chi connectivity index (χ2n) is 9.27. The van der Waals surface area contributed by atoms with Gasteiger partial charge in [0.1, 0.15) is 0 Å². The van der Waals surface area contributed by atoms with E-state index in [4.69, 9.17) is 23.2 Å². The molecule has 0 bridgehead atoms. The standard InChI is InChI=1S/C26H33Cl2N3/c1-20(2)26(31-15-14-30(19-31)23-6-4-3-5-7-23)18-29-12-10-21(11-13-29)16-22-8-9-24(27)25(28)17-22/h3-9,14-15,17,20-21,26H,10-13,16,18-19H2,1-2H3. The Kier molecular flexibility index (Phi) is 7.47. The van der Waals surface area contributed by atoms with Crippen LogP contribution in [0.2, 0.25) is 10.0 Å². The summed E-state index contributed by atoms with van der Waals surface area (Å²) in [4.78, 5) is 7.51. The summed E-state index contributed by atoms with van der Waals surface area (Å²) in [5.41, 5.74) is 2.56. The van der Waals surface area contributed by atoms with Gasteiger partial charge in [0.25, 0.3) is 0 Å². The third-order valence-corrected chi connectivity index (χ3v) is 7.44. The molecule has 0 amide bonds. The molecule has 2 aromatic rings. The number of para-hydroxylation sites is 1. The average molecular weight is 458 g/mol. The number of benzene rings is 2. The van der Waals surface area contributed by atoms with Gasteiger partial charge in [0.05, 0.1) is 16.7 Å². The van der Waals surface area contributed by atoms with E-state index < -0.39 is 0 Å². The maximum Gasteiger partial charge on any atom is 0.0945 e. The van der Waals surface area contributed by atoms with Crippen molar-refractivity contribution in [2.75, 3.05) is 31.2 Å². The molecule has 0 aliphatic carbocycles. The van der Waals surface area contributed by atoms with Gasteiger partial charge in [-0.15, -0.1) is 0 Å². The number of likely N-dealkylation sites (tertiary alicyclic amines) is 1. The molecule has 1 unspecified atom stereocenters. The Balaban J connectivity index is 1.29. The van der Waals surface area contributed by atoms with Crippen molar-refractivity contribution >= 4 is 28.9 Å². The van der Waals surface area contributed by atoms with Crippen molar-refractivity contribution in [1.29, 1.82) is 0 Å². The fourth-order valence-electron chi connectivity index (χ4n) is 4.78. The molecule has 1 fully saturated rings. The van der Waals surface area contributed by atoms with E-state index >= 15 is 0 Å². The first-order chi connectivity index (χ1) is 15.0. The van der Waals surface area contributed by atoms with Crippen molar-refractivity contribution in [2.45, 2.75) is 39.2 Å². The third kappa shape index (κ3) is 5.77. The predicted octanol–water partition coefficient (Wildman–Crippen LogP) is 6.52. The molecular weight excluding hydrogens is 425 g/mol. The Hall–Kier alpha value is -1.68. The number of anilines is 1. The van der Waals surface area contributed by atoms with Crippen molar-refractivity contribution in [3.05, 3.63) is 76.5 Å². The van der Waals surface area contributed by atoms with Gasteiger partial charge in [-0.2, -0.15) is 0 Å². The van der Waals surface area contributed by atoms with Crippen LogP contribution in [-0.2, 0) is 6.42 Å². The highest BCUT2D eigenvalue weighted by Gasteiger charge is 2.28. The monoisotopic (exact) mass is 457 g/mol. The number of hydrogen-bond donors (Lipinski definition) is 0. The highest BCUT2D eigenvalue weighted by atomic mass is 35.5. The van der Waals surface area contributed by atoms with Gasteiger partial charge in [0.15, 0.2) is 0 Å². The molecule has 5 heteroatoms. The lowest BCUT2D eigenvalue weighted by Gasteiger charge is -2.39. The first-order valence-corrected chi connectivity index (χ1v) is 12.2. The largest absolute Gasteiger partial charge is 0.354 e. The summed E-state index contributed by atoms with van der Waals surface area (Å²) < 4.78 is 0. The second kappa shape index (κ2) is 10.3. The molecule has 4 rings (SSSR count). The maximum atomic E-state index is 6.20. The Morgan fingerprint density at radius 2 is 1.68 bits per heavy atom. The van der Waals surface area contributed by atoms with Crippen LogP contribution in [0.15, 0.2) is 60.9 Å². The van der Waals surface area contributed by atoms with Crippen molar-refractivity contribution in [3.8, 4) is 0 Å². The predicted molar refractivity (Wildman–Crippen MR) is 133 cm³/mol. The summed E-state index contributed by atoms with van der Waals surface area (Å²) in [5.74, 6) is 1.33. The van der Waals surface area contributed by atoms with Crippen molar-refractivity contribution < 1.29 is 0 Å². The summed E-state index contributed by atoms with van der Waals surface area (Å²) in [5, 5.41) is 1.31. The molecule has 3 nitrogen and oxygen atoms in total. The number of halogens is 2. The molecule has 1 atom stereocenters. The Labute approximate surface area is 197 Å². The first kappa shape index (κ1) is 22.5. The number of piperidine rings is 1. The zero-order chi connectivity index (χ0) is 21.8. The van der Waals surface area contributed by atoms with Crippen LogP contribution in [0.1, 0.15) is 32.3 Å². The molecule has 31 heavy (non-hydrogen) atoms.